The number of carbonyl (C=O) groups is 2. The predicted octanol–water partition coefficient (Wildman–Crippen LogP) is 4.44. The highest BCUT2D eigenvalue weighted by Crippen LogP contribution is 2.38. The van der Waals surface area contributed by atoms with Crippen molar-refractivity contribution in [1.29, 1.82) is 0 Å². The molecular formula is C27H25ClF5N9O2. The van der Waals surface area contributed by atoms with Crippen LogP contribution in [0.25, 0.3) is 16.9 Å². The average molecular weight is 638 g/mol. The first-order valence-electron chi connectivity index (χ1n) is 13.7. The molecule has 0 aliphatic carbocycles. The summed E-state index contributed by atoms with van der Waals surface area (Å²) in [5.74, 6) is -0.0860. The summed E-state index contributed by atoms with van der Waals surface area (Å²) in [5.41, 5.74) is -1.38. The third-order valence-electron chi connectivity index (χ3n) is 7.60. The van der Waals surface area contributed by atoms with Crippen molar-refractivity contribution in [1.82, 2.24) is 39.3 Å². The Hall–Kier alpha value is -4.31. The first kappa shape index (κ1) is 29.7. The summed E-state index contributed by atoms with van der Waals surface area (Å²) < 4.78 is 68.4. The van der Waals surface area contributed by atoms with E-state index in [-0.39, 0.29) is 50.3 Å². The summed E-state index contributed by atoms with van der Waals surface area (Å²) in [5, 5.41) is 9.38. The minimum Gasteiger partial charge on any atom is -0.338 e. The van der Waals surface area contributed by atoms with Crippen LogP contribution in [0.5, 0.6) is 0 Å². The Morgan fingerprint density at radius 2 is 1.84 bits per heavy atom. The molecule has 17 heteroatoms. The van der Waals surface area contributed by atoms with E-state index in [9.17, 15) is 31.5 Å². The van der Waals surface area contributed by atoms with E-state index < -0.39 is 24.0 Å². The second kappa shape index (κ2) is 11.6. The Labute approximate surface area is 251 Å². The van der Waals surface area contributed by atoms with Crippen LogP contribution in [0.4, 0.5) is 33.5 Å². The molecule has 4 aromatic rings. The standard InChI is InChI=1S/C27H25ClF5N9O2/c28-18-12-15(3-4-16(18)24(43)39-8-10-40(11-9-39)25(44)19-2-1-5-34-19)37-22-23-36-13-20(41(23)7-6-35-22)17-14-42(26(29)30)38-21(17)27(31,32)33/h3-4,6-7,12-14,19,26,34H,1-2,5,8-11H2,(H,35,37)/t19-/m0/s1. The number of alkyl halides is 5. The van der Waals surface area contributed by atoms with Gasteiger partial charge in [-0.15, -0.1) is 0 Å². The van der Waals surface area contributed by atoms with E-state index in [1.807, 2.05) is 0 Å². The molecule has 2 aliphatic heterocycles. The van der Waals surface area contributed by atoms with Crippen molar-refractivity contribution < 1.29 is 31.5 Å². The molecule has 0 spiro atoms. The van der Waals surface area contributed by atoms with E-state index in [4.69, 9.17) is 11.6 Å². The Morgan fingerprint density at radius 1 is 1.09 bits per heavy atom. The SMILES string of the molecule is O=C(c1ccc(Nc2nccn3c(-c4cn(C(F)F)nc4C(F)(F)F)cnc23)cc1Cl)N1CCN(C(=O)[C@@H]2CCCN2)CC1. The Kier molecular flexibility index (Phi) is 7.88. The molecule has 0 unspecified atom stereocenters. The Bertz CT molecular complexity index is 1710. The number of anilines is 2. The number of piperazine rings is 1. The van der Waals surface area contributed by atoms with Crippen molar-refractivity contribution in [2.75, 3.05) is 38.0 Å². The lowest BCUT2D eigenvalue weighted by atomic mass is 10.1. The normalized spacial score (nSPS) is 17.6. The van der Waals surface area contributed by atoms with Gasteiger partial charge < -0.3 is 20.4 Å². The fourth-order valence-electron chi connectivity index (χ4n) is 5.41. The average Bonchev–Trinajstić information content (AvgIpc) is 3.77. The molecule has 44 heavy (non-hydrogen) atoms. The van der Waals surface area contributed by atoms with Crippen LogP contribution in [0.1, 0.15) is 35.4 Å². The van der Waals surface area contributed by atoms with Gasteiger partial charge in [-0.25, -0.2) is 14.6 Å². The quantitative estimate of drug-likeness (QED) is 0.301. The molecule has 2 amide bonds. The van der Waals surface area contributed by atoms with Gasteiger partial charge in [-0.1, -0.05) is 11.6 Å². The topological polar surface area (TPSA) is 113 Å². The van der Waals surface area contributed by atoms with Gasteiger partial charge in [0.15, 0.2) is 17.2 Å². The molecule has 0 bridgehead atoms. The number of nitrogens with one attached hydrogen (secondary N) is 2. The number of hydrogen-bond donors (Lipinski definition) is 2. The van der Waals surface area contributed by atoms with E-state index in [2.05, 4.69) is 25.7 Å². The molecule has 2 aliphatic rings. The van der Waals surface area contributed by atoms with Crippen LogP contribution in [0.15, 0.2) is 43.0 Å². The summed E-state index contributed by atoms with van der Waals surface area (Å²) in [7, 11) is 0. The van der Waals surface area contributed by atoms with Gasteiger partial charge in [0.1, 0.15) is 0 Å². The summed E-state index contributed by atoms with van der Waals surface area (Å²) in [4.78, 5) is 37.7. The van der Waals surface area contributed by atoms with Gasteiger partial charge in [-0.05, 0) is 37.6 Å². The van der Waals surface area contributed by atoms with Gasteiger partial charge in [0.25, 0.3) is 5.91 Å². The maximum atomic E-state index is 13.6. The maximum Gasteiger partial charge on any atom is 0.435 e. The smallest absolute Gasteiger partial charge is 0.338 e. The molecule has 0 saturated carbocycles. The van der Waals surface area contributed by atoms with Crippen molar-refractivity contribution >= 4 is 40.6 Å². The lowest BCUT2D eigenvalue weighted by Gasteiger charge is -2.36. The molecule has 5 heterocycles. The number of imidazole rings is 1. The number of carbonyl (C=O) groups excluding carboxylic acids is 2. The van der Waals surface area contributed by atoms with Gasteiger partial charge in [0.2, 0.25) is 5.91 Å². The fraction of sp³-hybridized carbons (Fsp3) is 0.370. The summed E-state index contributed by atoms with van der Waals surface area (Å²) >= 11 is 6.49. The number of hydrogen-bond acceptors (Lipinski definition) is 7. The lowest BCUT2D eigenvalue weighted by molar-refractivity contribution is -0.141. The molecule has 6 rings (SSSR count). The van der Waals surface area contributed by atoms with Crippen LogP contribution in [0, 0.1) is 0 Å². The third-order valence-corrected chi connectivity index (χ3v) is 7.92. The van der Waals surface area contributed by atoms with E-state index in [1.54, 1.807) is 21.9 Å². The Morgan fingerprint density at radius 3 is 2.50 bits per heavy atom. The van der Waals surface area contributed by atoms with Gasteiger partial charge in [0.05, 0.1) is 34.1 Å². The molecular weight excluding hydrogens is 613 g/mol. The largest absolute Gasteiger partial charge is 0.435 e. The maximum absolute atomic E-state index is 13.6. The summed E-state index contributed by atoms with van der Waals surface area (Å²) in [6.07, 6.45) is 1.16. The third kappa shape index (κ3) is 5.66. The second-order valence-corrected chi connectivity index (χ2v) is 10.8. The van der Waals surface area contributed by atoms with Crippen molar-refractivity contribution in [3.8, 4) is 11.3 Å². The van der Waals surface area contributed by atoms with Crippen LogP contribution >= 0.6 is 11.6 Å². The minimum atomic E-state index is -4.98. The number of amides is 2. The van der Waals surface area contributed by atoms with Crippen LogP contribution in [0.3, 0.4) is 0 Å². The zero-order chi connectivity index (χ0) is 31.2. The highest BCUT2D eigenvalue weighted by atomic mass is 35.5. The van der Waals surface area contributed by atoms with Crippen molar-refractivity contribution in [3.63, 3.8) is 0 Å². The minimum absolute atomic E-state index is 0.0558. The molecule has 11 nitrogen and oxygen atoms in total. The first-order valence-corrected chi connectivity index (χ1v) is 14.0. The van der Waals surface area contributed by atoms with Crippen molar-refractivity contribution in [2.45, 2.75) is 31.6 Å². The fourth-order valence-corrected chi connectivity index (χ4v) is 5.68. The van der Waals surface area contributed by atoms with E-state index >= 15 is 0 Å². The first-order chi connectivity index (χ1) is 21.0. The van der Waals surface area contributed by atoms with Gasteiger partial charge in [-0.3, -0.25) is 14.0 Å². The van der Waals surface area contributed by atoms with Gasteiger partial charge in [0, 0.05) is 50.5 Å². The van der Waals surface area contributed by atoms with Gasteiger partial charge >= 0.3 is 12.7 Å². The molecule has 232 valence electrons. The highest BCUT2D eigenvalue weighted by molar-refractivity contribution is 6.34. The van der Waals surface area contributed by atoms with Crippen LogP contribution < -0.4 is 10.6 Å². The summed E-state index contributed by atoms with van der Waals surface area (Å²) in [6, 6.07) is 4.47. The molecule has 0 radical (unpaired) electrons. The number of aromatic nitrogens is 5. The molecule has 3 aromatic heterocycles. The molecule has 1 aromatic carbocycles. The van der Waals surface area contributed by atoms with E-state index in [0.717, 1.165) is 25.6 Å². The number of fused-ring (bicyclic) bond motifs is 1. The van der Waals surface area contributed by atoms with E-state index in [1.165, 1.54) is 22.9 Å². The van der Waals surface area contributed by atoms with Gasteiger partial charge in [-0.2, -0.15) is 27.1 Å². The van der Waals surface area contributed by atoms with Crippen molar-refractivity contribution in [3.05, 3.63) is 59.3 Å². The van der Waals surface area contributed by atoms with Crippen molar-refractivity contribution in [2.24, 2.45) is 0 Å². The molecule has 2 N–H and O–H groups in total. The number of halogens is 6. The zero-order valence-electron chi connectivity index (χ0n) is 22.9. The summed E-state index contributed by atoms with van der Waals surface area (Å²) in [6.45, 7) is -0.853. The predicted molar refractivity (Wildman–Crippen MR) is 149 cm³/mol. The monoisotopic (exact) mass is 637 g/mol. The zero-order valence-corrected chi connectivity index (χ0v) is 23.6. The number of benzene rings is 1. The molecule has 1 atom stereocenters. The second-order valence-electron chi connectivity index (χ2n) is 10.3. The number of nitrogens with zero attached hydrogens (tertiary/aromatic N) is 7. The highest BCUT2D eigenvalue weighted by Gasteiger charge is 2.39. The van der Waals surface area contributed by atoms with Crippen LogP contribution in [-0.2, 0) is 11.0 Å². The molecule has 2 fully saturated rings. The van der Waals surface area contributed by atoms with Crippen LogP contribution in [0.2, 0.25) is 5.02 Å². The number of rotatable bonds is 6. The van der Waals surface area contributed by atoms with Crippen LogP contribution in [-0.4, -0.2) is 84.5 Å². The molecule has 2 saturated heterocycles. The lowest BCUT2D eigenvalue weighted by Crippen LogP contribution is -2.54. The van der Waals surface area contributed by atoms with E-state index in [0.29, 0.717) is 38.1 Å². The Balaban J connectivity index is 1.18.